The quantitative estimate of drug-likeness (QED) is 0.0974. The van der Waals surface area contributed by atoms with Crippen molar-refractivity contribution in [1.82, 2.24) is 4.98 Å². The van der Waals surface area contributed by atoms with Crippen molar-refractivity contribution in [1.29, 1.82) is 0 Å². The minimum absolute atomic E-state index is 0.131. The Bertz CT molecular complexity index is 1130. The molecule has 0 N–H and O–H groups in total. The largest absolute Gasteiger partial charge is 0.497 e. The maximum absolute atomic E-state index is 7.33. The van der Waals surface area contributed by atoms with Crippen molar-refractivity contribution in [3.05, 3.63) is 60.3 Å². The van der Waals surface area contributed by atoms with Crippen LogP contribution in [0.5, 0.6) is 5.75 Å². The number of ether oxygens (including phenoxy) is 3. The van der Waals surface area contributed by atoms with Gasteiger partial charge in [0.1, 0.15) is 23.8 Å². The van der Waals surface area contributed by atoms with Crippen molar-refractivity contribution in [2.24, 2.45) is 5.41 Å². The Morgan fingerprint density at radius 2 is 1.58 bits per heavy atom. The first-order valence-electron chi connectivity index (χ1n) is 16.8. The van der Waals surface area contributed by atoms with Gasteiger partial charge in [-0.2, -0.15) is 0 Å². The second-order valence-electron chi connectivity index (χ2n) is 14.3. The van der Waals surface area contributed by atoms with Gasteiger partial charge in [-0.1, -0.05) is 73.6 Å². The lowest BCUT2D eigenvalue weighted by molar-refractivity contribution is -0.0950. The molecule has 45 heavy (non-hydrogen) atoms. The van der Waals surface area contributed by atoms with Gasteiger partial charge in [0.15, 0.2) is 22.5 Å². The predicted molar refractivity (Wildman–Crippen MR) is 190 cm³/mol. The molecule has 3 atom stereocenters. The molecular formula is C36H63NO6Si2. The van der Waals surface area contributed by atoms with E-state index in [4.69, 9.17) is 32.5 Å². The highest BCUT2D eigenvalue weighted by molar-refractivity contribution is 6.74. The minimum atomic E-state index is -2.01. The Balaban J connectivity index is 2.47. The molecule has 1 aromatic carbocycles. The van der Waals surface area contributed by atoms with E-state index < -0.39 is 16.6 Å². The van der Waals surface area contributed by atoms with Crippen molar-refractivity contribution in [2.75, 3.05) is 20.8 Å². The monoisotopic (exact) mass is 661 g/mol. The molecule has 0 aliphatic rings. The molecule has 9 heteroatoms. The van der Waals surface area contributed by atoms with Crippen molar-refractivity contribution in [2.45, 2.75) is 136 Å². The maximum atomic E-state index is 7.33. The van der Waals surface area contributed by atoms with Crippen LogP contribution in [0, 0.1) is 5.41 Å². The summed E-state index contributed by atoms with van der Waals surface area (Å²) in [4.78, 5) is 4.88. The van der Waals surface area contributed by atoms with Gasteiger partial charge < -0.3 is 27.5 Å². The molecule has 7 nitrogen and oxygen atoms in total. The average Bonchev–Trinajstić information content (AvgIpc) is 3.47. The Kier molecular flexibility index (Phi) is 15.3. The summed E-state index contributed by atoms with van der Waals surface area (Å²) >= 11 is 0. The zero-order chi connectivity index (χ0) is 33.9. The second-order valence-corrected chi connectivity index (χ2v) is 23.9. The van der Waals surface area contributed by atoms with Crippen molar-refractivity contribution in [3.8, 4) is 5.75 Å². The van der Waals surface area contributed by atoms with E-state index in [9.17, 15) is 0 Å². The van der Waals surface area contributed by atoms with Gasteiger partial charge in [0.2, 0.25) is 0 Å². The molecule has 0 radical (unpaired) electrons. The number of benzene rings is 1. The van der Waals surface area contributed by atoms with Crippen LogP contribution in [-0.4, -0.2) is 54.7 Å². The number of hydrogen-bond acceptors (Lipinski definition) is 7. The standard InChI is InChI=1S/C36H63NO6Si2/c1-14-18-31(39-11)30-27-41-34(37-30)25-33(43-45(15-2,16-3)17-4)36(8,9)32(23-24-42-44(12,13)35(5,6)7)40-26-28-19-21-29(38-10)22-20-28/h14,19-22,27,31-33H,1,15-18,23-26H2,2-13H3/t31-,32-,33-/m0/s1. The van der Waals surface area contributed by atoms with E-state index in [1.54, 1.807) is 20.5 Å². The highest BCUT2D eigenvalue weighted by Gasteiger charge is 2.45. The number of nitrogens with zero attached hydrogens (tertiary/aromatic N) is 1. The Morgan fingerprint density at radius 3 is 2.09 bits per heavy atom. The molecule has 0 aliphatic heterocycles. The summed E-state index contributed by atoms with van der Waals surface area (Å²) in [5.41, 5.74) is 1.50. The third-order valence-corrected chi connectivity index (χ3v) is 19.4. The average molecular weight is 662 g/mol. The summed E-state index contributed by atoms with van der Waals surface area (Å²) in [5.74, 6) is 1.49. The number of rotatable bonds is 21. The van der Waals surface area contributed by atoms with Gasteiger partial charge in [-0.05, 0) is 66.8 Å². The van der Waals surface area contributed by atoms with E-state index in [-0.39, 0.29) is 28.8 Å². The van der Waals surface area contributed by atoms with E-state index in [0.29, 0.717) is 31.9 Å². The Hall–Kier alpha value is -1.76. The molecule has 1 heterocycles. The molecule has 0 bridgehead atoms. The fourth-order valence-corrected chi connectivity index (χ4v) is 9.46. The normalized spacial score (nSPS) is 15.1. The van der Waals surface area contributed by atoms with Gasteiger partial charge >= 0.3 is 0 Å². The van der Waals surface area contributed by atoms with Gasteiger partial charge in [0, 0.05) is 25.6 Å². The lowest BCUT2D eigenvalue weighted by Gasteiger charge is -2.45. The zero-order valence-corrected chi connectivity index (χ0v) is 32.5. The molecule has 0 fully saturated rings. The molecule has 1 aromatic heterocycles. The number of hydrogen-bond donors (Lipinski definition) is 0. The van der Waals surface area contributed by atoms with Gasteiger partial charge in [0.25, 0.3) is 0 Å². The molecular weight excluding hydrogens is 599 g/mol. The van der Waals surface area contributed by atoms with E-state index in [0.717, 1.165) is 41.6 Å². The van der Waals surface area contributed by atoms with Crippen LogP contribution in [0.25, 0.3) is 0 Å². The lowest BCUT2D eigenvalue weighted by atomic mass is 9.78. The van der Waals surface area contributed by atoms with Gasteiger partial charge in [-0.15, -0.1) is 6.58 Å². The van der Waals surface area contributed by atoms with Crippen molar-refractivity contribution >= 4 is 16.6 Å². The van der Waals surface area contributed by atoms with E-state index in [1.165, 1.54) is 0 Å². The number of methoxy groups -OCH3 is 2. The van der Waals surface area contributed by atoms with Crippen LogP contribution in [0.15, 0.2) is 47.6 Å². The van der Waals surface area contributed by atoms with Crippen molar-refractivity contribution < 1.29 is 27.5 Å². The van der Waals surface area contributed by atoms with Crippen molar-refractivity contribution in [3.63, 3.8) is 0 Å². The maximum Gasteiger partial charge on any atom is 0.196 e. The third-order valence-electron chi connectivity index (χ3n) is 10.2. The Labute approximate surface area is 276 Å². The van der Waals surface area contributed by atoms with E-state index in [1.807, 2.05) is 18.2 Å². The van der Waals surface area contributed by atoms with Crippen LogP contribution >= 0.6 is 0 Å². The summed E-state index contributed by atoms with van der Waals surface area (Å²) in [6.45, 7) is 27.8. The summed E-state index contributed by atoms with van der Waals surface area (Å²) in [6, 6.07) is 11.3. The third kappa shape index (κ3) is 10.9. The molecule has 2 rings (SSSR count). The predicted octanol–water partition coefficient (Wildman–Crippen LogP) is 9.90. The molecule has 0 amide bonds. The van der Waals surface area contributed by atoms with Crippen LogP contribution in [0.3, 0.4) is 0 Å². The smallest absolute Gasteiger partial charge is 0.196 e. The van der Waals surface area contributed by atoms with E-state index in [2.05, 4.69) is 87.2 Å². The molecule has 0 spiro atoms. The minimum Gasteiger partial charge on any atom is -0.497 e. The number of oxazole rings is 1. The molecule has 0 aliphatic carbocycles. The zero-order valence-electron chi connectivity index (χ0n) is 30.5. The van der Waals surface area contributed by atoms with Crippen LogP contribution in [0.1, 0.15) is 91.5 Å². The van der Waals surface area contributed by atoms with Gasteiger partial charge in [-0.25, -0.2) is 4.98 Å². The topological polar surface area (TPSA) is 72.2 Å². The number of aromatic nitrogens is 1. The fraction of sp³-hybridized carbons (Fsp3) is 0.694. The molecule has 0 saturated heterocycles. The summed E-state index contributed by atoms with van der Waals surface area (Å²) in [6.07, 6.45) is 5.06. The molecule has 256 valence electrons. The summed E-state index contributed by atoms with van der Waals surface area (Å²) in [5, 5.41) is 0.135. The SMILES string of the molecule is C=CC[C@H](OC)c1coc(C[C@H](O[Si](CC)(CC)CC)C(C)(C)[C@H](CCO[Si](C)(C)C(C)(C)C)OCc2ccc(OC)cc2)n1. The van der Waals surface area contributed by atoms with Crippen LogP contribution in [0.4, 0.5) is 0 Å². The van der Waals surface area contributed by atoms with Gasteiger partial charge in [-0.3, -0.25) is 0 Å². The highest BCUT2D eigenvalue weighted by atomic mass is 28.4. The Morgan fingerprint density at radius 1 is 0.956 bits per heavy atom. The first-order chi connectivity index (χ1) is 21.1. The fourth-order valence-electron chi connectivity index (χ4n) is 5.41. The first kappa shape index (κ1) is 39.4. The first-order valence-corrected chi connectivity index (χ1v) is 22.2. The highest BCUT2D eigenvalue weighted by Crippen LogP contribution is 2.40. The van der Waals surface area contributed by atoms with Crippen LogP contribution < -0.4 is 4.74 Å². The van der Waals surface area contributed by atoms with Gasteiger partial charge in [0.05, 0.1) is 25.9 Å². The molecule has 0 unspecified atom stereocenters. The van der Waals surface area contributed by atoms with Crippen LogP contribution in [0.2, 0.25) is 36.3 Å². The summed E-state index contributed by atoms with van der Waals surface area (Å²) in [7, 11) is -0.560. The van der Waals surface area contributed by atoms with E-state index >= 15 is 0 Å². The summed E-state index contributed by atoms with van der Waals surface area (Å²) < 4.78 is 38.0. The molecule has 0 saturated carbocycles. The lowest BCUT2D eigenvalue weighted by Crippen LogP contribution is -2.51. The molecule has 2 aromatic rings. The second kappa shape index (κ2) is 17.4. The van der Waals surface area contributed by atoms with Crippen LogP contribution in [-0.2, 0) is 31.4 Å².